The van der Waals surface area contributed by atoms with Gasteiger partial charge in [-0.05, 0) is 43.0 Å². The van der Waals surface area contributed by atoms with Gasteiger partial charge in [0.2, 0.25) is 0 Å². The van der Waals surface area contributed by atoms with E-state index >= 15 is 0 Å². The number of rotatable bonds is 17. The molecule has 1 saturated heterocycles. The van der Waals surface area contributed by atoms with Crippen LogP contribution in [0.25, 0.3) is 5.52 Å². The van der Waals surface area contributed by atoms with E-state index in [0.717, 1.165) is 6.42 Å². The number of benzene rings is 1. The van der Waals surface area contributed by atoms with E-state index in [1.54, 1.807) is 70.2 Å². The second-order valence-electron chi connectivity index (χ2n) is 14.2. The molecular formula is C36H51N6O10P. The first-order chi connectivity index (χ1) is 25.0. The number of hydrogen-bond donors (Lipinski definition) is 2. The van der Waals surface area contributed by atoms with Gasteiger partial charge in [0.1, 0.15) is 29.7 Å². The summed E-state index contributed by atoms with van der Waals surface area (Å²) in [4.78, 5) is 48.0. The molecule has 1 aromatic carbocycles. The van der Waals surface area contributed by atoms with Crippen molar-refractivity contribution in [1.82, 2.24) is 19.7 Å². The number of anilines is 1. The summed E-state index contributed by atoms with van der Waals surface area (Å²) in [5.74, 6) is -2.74. The van der Waals surface area contributed by atoms with Crippen LogP contribution in [0.5, 0.6) is 5.75 Å². The van der Waals surface area contributed by atoms with Crippen molar-refractivity contribution in [3.8, 4) is 5.75 Å². The molecule has 290 valence electrons. The quantitative estimate of drug-likeness (QED) is 0.0814. The minimum atomic E-state index is -4.44. The summed E-state index contributed by atoms with van der Waals surface area (Å²) >= 11 is 0. The summed E-state index contributed by atoms with van der Waals surface area (Å²) in [5, 5.41) is 7.05. The Bertz CT molecular complexity index is 1820. The van der Waals surface area contributed by atoms with Crippen molar-refractivity contribution >= 4 is 43.2 Å². The average Bonchev–Trinajstić information content (AvgIpc) is 3.67. The normalized spacial score (nSPS) is 22.2. The number of fused-ring (bicyclic) bond motifs is 1. The molecule has 0 aliphatic carbocycles. The van der Waals surface area contributed by atoms with Crippen LogP contribution in [0.2, 0.25) is 0 Å². The molecular weight excluding hydrogens is 707 g/mol. The number of para-hydroxylation sites is 1. The summed E-state index contributed by atoms with van der Waals surface area (Å²) in [6.07, 6.45) is -0.518. The maximum atomic E-state index is 14.6. The summed E-state index contributed by atoms with van der Waals surface area (Å²) in [6, 6.07) is 10.4. The van der Waals surface area contributed by atoms with Crippen LogP contribution in [0.3, 0.4) is 0 Å². The van der Waals surface area contributed by atoms with Crippen LogP contribution in [0.1, 0.15) is 67.5 Å². The average molecular weight is 759 g/mol. The summed E-state index contributed by atoms with van der Waals surface area (Å²) < 4.78 is 52.3. The van der Waals surface area contributed by atoms with Crippen LogP contribution < -0.4 is 15.3 Å². The van der Waals surface area contributed by atoms with Gasteiger partial charge in [-0.2, -0.15) is 10.2 Å². The van der Waals surface area contributed by atoms with Gasteiger partial charge >= 0.3 is 25.7 Å². The molecule has 0 spiro atoms. The monoisotopic (exact) mass is 758 g/mol. The Hall–Kier alpha value is -4.37. The van der Waals surface area contributed by atoms with Gasteiger partial charge in [-0.25, -0.2) is 14.1 Å². The molecule has 16 nitrogen and oxygen atoms in total. The van der Waals surface area contributed by atoms with E-state index < -0.39 is 74.1 Å². The first-order valence-electron chi connectivity index (χ1n) is 17.5. The van der Waals surface area contributed by atoms with Crippen molar-refractivity contribution in [3.63, 3.8) is 0 Å². The number of nitrogens with zero attached hydrogens (tertiary/aromatic N) is 4. The Labute approximate surface area is 309 Å². The standard InChI is InChI=1S/C36H51N6O10P/c1-10-35(7,8)20-47-34(45)24(6)41-53(46,52-25-14-12-11-13-15-25)48-18-27-29(49-32(43)22(2)3)30(50-33(44)23(4)5)36(51-27,19-38-9)28-17-16-26-31(37)39-21-40-42(26)28/h11-17,19,21-24,27,29-30H,10,18,20H2,1-9H3,(H,41,46)(H2,37,39,40)/t24-,27+,29+,30+,36-,53?/m0/s1. The van der Waals surface area contributed by atoms with Crippen molar-refractivity contribution < 1.29 is 46.9 Å². The summed E-state index contributed by atoms with van der Waals surface area (Å²) in [5.41, 5.74) is 4.87. The van der Waals surface area contributed by atoms with Gasteiger partial charge in [0, 0.05) is 13.3 Å². The van der Waals surface area contributed by atoms with Crippen LogP contribution in [0, 0.1) is 17.3 Å². The number of carbonyl (C=O) groups is 3. The third-order valence-electron chi connectivity index (χ3n) is 8.72. The zero-order valence-electron chi connectivity index (χ0n) is 31.7. The molecule has 1 aliphatic rings. The Morgan fingerprint density at radius 1 is 1.06 bits per heavy atom. The summed E-state index contributed by atoms with van der Waals surface area (Å²) in [7, 11) is -2.94. The lowest BCUT2D eigenvalue weighted by Crippen LogP contribution is -2.48. The third kappa shape index (κ3) is 9.79. The smallest absolute Gasteiger partial charge is 0.459 e. The Balaban J connectivity index is 1.78. The summed E-state index contributed by atoms with van der Waals surface area (Å²) in [6.45, 7) is 13.6. The topological polar surface area (TPSA) is 204 Å². The number of hydrogen-bond acceptors (Lipinski definition) is 14. The maximum absolute atomic E-state index is 14.6. The van der Waals surface area contributed by atoms with Gasteiger partial charge in [-0.3, -0.25) is 23.9 Å². The highest BCUT2D eigenvalue weighted by molar-refractivity contribution is 7.52. The molecule has 0 radical (unpaired) electrons. The van der Waals surface area contributed by atoms with E-state index in [1.165, 1.54) is 31.0 Å². The molecule has 3 N–H and O–H groups in total. The highest BCUT2D eigenvalue weighted by atomic mass is 31.2. The second kappa shape index (κ2) is 17.2. The highest BCUT2D eigenvalue weighted by Crippen LogP contribution is 2.48. The molecule has 3 heterocycles. The SMILES string of the molecule is CCC(C)(C)COC(=O)[C@H](C)NP(=O)(OC[C@H]1O[C@@](C=NC)(c2ccc3c(N)ncnn23)[C@H](OC(=O)C(C)C)[C@@H]1OC(=O)C(C)C)Oc1ccccc1. The molecule has 1 aliphatic heterocycles. The van der Waals surface area contributed by atoms with Gasteiger partial charge < -0.3 is 29.2 Å². The van der Waals surface area contributed by atoms with Gasteiger partial charge in [-0.15, -0.1) is 0 Å². The Kier molecular flexibility index (Phi) is 13.4. The number of nitrogens with two attached hydrogens (primary N) is 1. The molecule has 3 aromatic rings. The fraction of sp³-hybridized carbons (Fsp3) is 0.556. The van der Waals surface area contributed by atoms with Crippen LogP contribution in [-0.2, 0) is 48.0 Å². The zero-order chi connectivity index (χ0) is 39.1. The first kappa shape index (κ1) is 41.4. The van der Waals surface area contributed by atoms with E-state index in [0.29, 0.717) is 11.2 Å². The number of aromatic nitrogens is 3. The van der Waals surface area contributed by atoms with Gasteiger partial charge in [-0.1, -0.05) is 66.7 Å². The van der Waals surface area contributed by atoms with Crippen molar-refractivity contribution in [2.24, 2.45) is 22.2 Å². The third-order valence-corrected chi connectivity index (χ3v) is 10.4. The van der Waals surface area contributed by atoms with Crippen molar-refractivity contribution in [2.75, 3.05) is 26.0 Å². The van der Waals surface area contributed by atoms with E-state index in [1.807, 2.05) is 20.8 Å². The lowest BCUT2D eigenvalue weighted by atomic mass is 9.91. The van der Waals surface area contributed by atoms with Crippen LogP contribution in [0.15, 0.2) is 53.8 Å². The van der Waals surface area contributed by atoms with Gasteiger partial charge in [0.15, 0.2) is 23.6 Å². The van der Waals surface area contributed by atoms with Gasteiger partial charge in [0.05, 0.1) is 30.7 Å². The molecule has 4 rings (SSSR count). The lowest BCUT2D eigenvalue weighted by molar-refractivity contribution is -0.172. The predicted octanol–water partition coefficient (Wildman–Crippen LogP) is 4.90. The van der Waals surface area contributed by atoms with Crippen LogP contribution in [0.4, 0.5) is 5.82 Å². The molecule has 1 unspecified atom stereocenters. The zero-order valence-corrected chi connectivity index (χ0v) is 32.6. The lowest BCUT2D eigenvalue weighted by Gasteiger charge is -2.32. The Morgan fingerprint density at radius 3 is 2.34 bits per heavy atom. The highest BCUT2D eigenvalue weighted by Gasteiger charge is 2.61. The number of carbonyl (C=O) groups excluding carboxylic acids is 3. The molecule has 0 bridgehead atoms. The molecule has 53 heavy (non-hydrogen) atoms. The van der Waals surface area contributed by atoms with Crippen molar-refractivity contribution in [3.05, 3.63) is 54.5 Å². The van der Waals surface area contributed by atoms with Crippen molar-refractivity contribution in [2.45, 2.75) is 91.8 Å². The fourth-order valence-corrected chi connectivity index (χ4v) is 6.76. The molecule has 17 heteroatoms. The van der Waals surface area contributed by atoms with E-state index in [4.69, 9.17) is 33.7 Å². The minimum absolute atomic E-state index is 0.139. The number of esters is 3. The van der Waals surface area contributed by atoms with Crippen LogP contribution >= 0.6 is 7.75 Å². The van der Waals surface area contributed by atoms with Crippen molar-refractivity contribution in [1.29, 1.82) is 0 Å². The fourth-order valence-electron chi connectivity index (χ4n) is 5.26. The molecule has 6 atom stereocenters. The molecule has 1 fully saturated rings. The minimum Gasteiger partial charge on any atom is -0.464 e. The van der Waals surface area contributed by atoms with Gasteiger partial charge in [0.25, 0.3) is 0 Å². The predicted molar refractivity (Wildman–Crippen MR) is 196 cm³/mol. The van der Waals surface area contributed by atoms with E-state index in [-0.39, 0.29) is 23.6 Å². The van der Waals surface area contributed by atoms with E-state index in [2.05, 4.69) is 20.2 Å². The molecule has 0 saturated carbocycles. The number of aliphatic imine (C=N–C) groups is 1. The second-order valence-corrected chi connectivity index (χ2v) is 15.9. The molecule has 2 aromatic heterocycles. The molecule has 0 amide bonds. The van der Waals surface area contributed by atoms with Crippen LogP contribution in [-0.4, -0.2) is 83.3 Å². The number of nitrogen functional groups attached to an aromatic ring is 1. The number of ether oxygens (including phenoxy) is 4. The van der Waals surface area contributed by atoms with E-state index in [9.17, 15) is 18.9 Å². The largest absolute Gasteiger partial charge is 0.464 e. The first-order valence-corrected chi connectivity index (χ1v) is 19.0. The maximum Gasteiger partial charge on any atom is 0.459 e. The number of nitrogens with one attached hydrogen (secondary N) is 1. The Morgan fingerprint density at radius 2 is 1.72 bits per heavy atom.